The van der Waals surface area contributed by atoms with Gasteiger partial charge in [0, 0.05) is 0 Å². The summed E-state index contributed by atoms with van der Waals surface area (Å²) in [6.45, 7) is 7.20. The monoisotopic (exact) mass is 182 g/mol. The van der Waals surface area contributed by atoms with Gasteiger partial charge < -0.3 is 0 Å². The Morgan fingerprint density at radius 3 is 2.15 bits per heavy atom. The van der Waals surface area contributed by atoms with Crippen LogP contribution in [0.15, 0.2) is 0 Å². The van der Waals surface area contributed by atoms with E-state index in [4.69, 9.17) is 0 Å². The van der Waals surface area contributed by atoms with E-state index in [2.05, 4.69) is 20.8 Å². The average Bonchev–Trinajstić information content (AvgIpc) is 2.03. The number of hydrogen-bond acceptors (Lipinski definition) is 0. The molecule has 78 valence electrons. The molecule has 0 N–H and O–H groups in total. The molecule has 0 radical (unpaired) electrons. The molecule has 0 heteroatoms. The highest BCUT2D eigenvalue weighted by molar-refractivity contribution is 4.74. The third-order valence-corrected chi connectivity index (χ3v) is 3.85. The summed E-state index contributed by atoms with van der Waals surface area (Å²) in [5.74, 6) is 2.95. The molecule has 2 unspecified atom stereocenters. The Balaban J connectivity index is 2.50. The van der Waals surface area contributed by atoms with Gasteiger partial charge in [0.05, 0.1) is 0 Å². The van der Waals surface area contributed by atoms with Crippen LogP contribution in [0, 0.1) is 17.8 Å². The molecule has 0 aromatic rings. The lowest BCUT2D eigenvalue weighted by Gasteiger charge is -2.31. The second-order valence-corrected chi connectivity index (χ2v) is 5.07. The van der Waals surface area contributed by atoms with E-state index in [9.17, 15) is 0 Å². The van der Waals surface area contributed by atoms with Gasteiger partial charge >= 0.3 is 0 Å². The van der Waals surface area contributed by atoms with Crippen molar-refractivity contribution in [3.05, 3.63) is 0 Å². The minimum atomic E-state index is 0.906. The van der Waals surface area contributed by atoms with E-state index in [0.29, 0.717) is 0 Å². The lowest BCUT2D eigenvalue weighted by atomic mass is 9.75. The van der Waals surface area contributed by atoms with Crippen LogP contribution in [0.3, 0.4) is 0 Å². The van der Waals surface area contributed by atoms with Crippen molar-refractivity contribution in [3.8, 4) is 0 Å². The van der Waals surface area contributed by atoms with Crippen LogP contribution >= 0.6 is 0 Å². The second kappa shape index (κ2) is 5.67. The molecule has 2 atom stereocenters. The Bertz CT molecular complexity index is 126. The van der Waals surface area contributed by atoms with Crippen molar-refractivity contribution < 1.29 is 0 Å². The van der Waals surface area contributed by atoms with Gasteiger partial charge in [-0.3, -0.25) is 0 Å². The predicted octanol–water partition coefficient (Wildman–Crippen LogP) is 4.64. The highest BCUT2D eigenvalue weighted by Gasteiger charge is 2.23. The first-order chi connectivity index (χ1) is 6.25. The van der Waals surface area contributed by atoms with Crippen LogP contribution in [0.2, 0.25) is 0 Å². The molecule has 0 bridgehead atoms. The van der Waals surface area contributed by atoms with Gasteiger partial charge in [0.2, 0.25) is 0 Å². The smallest absolute Gasteiger partial charge is 0.0363 e. The van der Waals surface area contributed by atoms with E-state index in [1.165, 1.54) is 44.9 Å². The lowest BCUT2D eigenvalue weighted by Crippen LogP contribution is -2.21. The van der Waals surface area contributed by atoms with Crippen LogP contribution in [0.25, 0.3) is 0 Å². The largest absolute Gasteiger partial charge is 0.0651 e. The molecule has 1 aliphatic rings. The summed E-state index contributed by atoms with van der Waals surface area (Å²) in [4.78, 5) is 0. The van der Waals surface area contributed by atoms with Crippen molar-refractivity contribution in [1.29, 1.82) is 0 Å². The van der Waals surface area contributed by atoms with Gasteiger partial charge in [0.1, 0.15) is 0 Å². The highest BCUT2D eigenvalue weighted by atomic mass is 14.3. The van der Waals surface area contributed by atoms with E-state index < -0.39 is 0 Å². The fourth-order valence-electron chi connectivity index (χ4n) is 2.97. The predicted molar refractivity (Wildman–Crippen MR) is 59.8 cm³/mol. The Labute approximate surface area is 84.1 Å². The third kappa shape index (κ3) is 3.32. The van der Waals surface area contributed by atoms with Crippen LogP contribution in [-0.2, 0) is 0 Å². The fourth-order valence-corrected chi connectivity index (χ4v) is 2.97. The van der Waals surface area contributed by atoms with E-state index in [-0.39, 0.29) is 0 Å². The first kappa shape index (κ1) is 11.1. The molecule has 0 amide bonds. The zero-order valence-electron chi connectivity index (χ0n) is 9.68. The molecular weight excluding hydrogens is 156 g/mol. The molecule has 1 fully saturated rings. The maximum absolute atomic E-state index is 2.41. The summed E-state index contributed by atoms with van der Waals surface area (Å²) in [6, 6.07) is 0. The van der Waals surface area contributed by atoms with Crippen molar-refractivity contribution in [1.82, 2.24) is 0 Å². The molecule has 0 nitrogen and oxygen atoms in total. The lowest BCUT2D eigenvalue weighted by molar-refractivity contribution is 0.196. The number of hydrogen-bond donors (Lipinski definition) is 0. The SMILES string of the molecule is CCC1CCCCCCC1C(C)C. The van der Waals surface area contributed by atoms with E-state index in [0.717, 1.165) is 17.8 Å². The van der Waals surface area contributed by atoms with Crippen LogP contribution in [0.4, 0.5) is 0 Å². The summed E-state index contributed by atoms with van der Waals surface area (Å²) in [5.41, 5.74) is 0. The molecule has 0 heterocycles. The van der Waals surface area contributed by atoms with Gasteiger partial charge in [-0.25, -0.2) is 0 Å². The van der Waals surface area contributed by atoms with E-state index >= 15 is 0 Å². The molecule has 13 heavy (non-hydrogen) atoms. The third-order valence-electron chi connectivity index (χ3n) is 3.85. The van der Waals surface area contributed by atoms with Crippen molar-refractivity contribution in [2.24, 2.45) is 17.8 Å². The van der Waals surface area contributed by atoms with Crippen LogP contribution in [0.5, 0.6) is 0 Å². The van der Waals surface area contributed by atoms with Gasteiger partial charge in [-0.2, -0.15) is 0 Å². The van der Waals surface area contributed by atoms with Gasteiger partial charge in [-0.05, 0) is 24.2 Å². The zero-order valence-corrected chi connectivity index (χ0v) is 9.68. The molecule has 0 aliphatic heterocycles. The fraction of sp³-hybridized carbons (Fsp3) is 1.00. The van der Waals surface area contributed by atoms with Gasteiger partial charge in [-0.15, -0.1) is 0 Å². The maximum atomic E-state index is 2.41. The average molecular weight is 182 g/mol. The Kier molecular flexibility index (Phi) is 4.83. The first-order valence-electron chi connectivity index (χ1n) is 6.25. The summed E-state index contributed by atoms with van der Waals surface area (Å²) in [6.07, 6.45) is 10.3. The first-order valence-corrected chi connectivity index (χ1v) is 6.25. The Morgan fingerprint density at radius 2 is 1.62 bits per heavy atom. The minimum Gasteiger partial charge on any atom is -0.0651 e. The topological polar surface area (TPSA) is 0 Å². The number of rotatable bonds is 2. The van der Waals surface area contributed by atoms with Crippen molar-refractivity contribution >= 4 is 0 Å². The van der Waals surface area contributed by atoms with Crippen molar-refractivity contribution in [2.75, 3.05) is 0 Å². The van der Waals surface area contributed by atoms with Gasteiger partial charge in [-0.1, -0.05) is 59.3 Å². The van der Waals surface area contributed by atoms with E-state index in [1.807, 2.05) is 0 Å². The summed E-state index contributed by atoms with van der Waals surface area (Å²) >= 11 is 0. The molecule has 1 aliphatic carbocycles. The minimum absolute atomic E-state index is 0.906. The zero-order chi connectivity index (χ0) is 9.68. The molecule has 0 spiro atoms. The Hall–Kier alpha value is 0. The maximum Gasteiger partial charge on any atom is -0.0363 e. The summed E-state index contributed by atoms with van der Waals surface area (Å²) in [7, 11) is 0. The van der Waals surface area contributed by atoms with Gasteiger partial charge in [0.25, 0.3) is 0 Å². The molecular formula is C13H26. The standard InChI is InChI=1S/C13H26/c1-4-12-9-7-5-6-8-10-13(12)11(2)3/h11-13H,4-10H2,1-3H3. The van der Waals surface area contributed by atoms with Crippen molar-refractivity contribution in [2.45, 2.75) is 65.7 Å². The molecule has 1 rings (SSSR count). The molecule has 0 aromatic carbocycles. The Morgan fingerprint density at radius 1 is 1.00 bits per heavy atom. The quantitative estimate of drug-likeness (QED) is 0.583. The normalized spacial score (nSPS) is 31.4. The molecule has 0 aromatic heterocycles. The second-order valence-electron chi connectivity index (χ2n) is 5.07. The van der Waals surface area contributed by atoms with Crippen molar-refractivity contribution in [3.63, 3.8) is 0 Å². The van der Waals surface area contributed by atoms with Gasteiger partial charge in [0.15, 0.2) is 0 Å². The molecule has 1 saturated carbocycles. The summed E-state index contributed by atoms with van der Waals surface area (Å²) < 4.78 is 0. The van der Waals surface area contributed by atoms with Crippen LogP contribution in [0.1, 0.15) is 65.7 Å². The van der Waals surface area contributed by atoms with Crippen LogP contribution < -0.4 is 0 Å². The molecule has 0 saturated heterocycles. The summed E-state index contributed by atoms with van der Waals surface area (Å²) in [5, 5.41) is 0. The van der Waals surface area contributed by atoms with Crippen LogP contribution in [-0.4, -0.2) is 0 Å². The highest BCUT2D eigenvalue weighted by Crippen LogP contribution is 2.34. The van der Waals surface area contributed by atoms with E-state index in [1.54, 1.807) is 0 Å².